The molecule has 0 aliphatic heterocycles. The first-order chi connectivity index (χ1) is 10.2. The number of nitrogens with one attached hydrogen (secondary N) is 1. The number of hydrogen-bond acceptors (Lipinski definition) is 7. The molecule has 2 aromatic heterocycles. The van der Waals surface area contributed by atoms with Gasteiger partial charge in [0.2, 0.25) is 17.8 Å². The van der Waals surface area contributed by atoms with E-state index in [9.17, 15) is 0 Å². The molecule has 0 atom stereocenters. The van der Waals surface area contributed by atoms with Crippen molar-refractivity contribution < 1.29 is 0 Å². The summed E-state index contributed by atoms with van der Waals surface area (Å²) in [5.41, 5.74) is 2.51. The van der Waals surface area contributed by atoms with Crippen molar-refractivity contribution in [3.8, 4) is 5.95 Å². The van der Waals surface area contributed by atoms with Crippen LogP contribution < -0.4 is 16.2 Å². The summed E-state index contributed by atoms with van der Waals surface area (Å²) in [6.45, 7) is 5.24. The smallest absolute Gasteiger partial charge is 0.243 e. The predicted octanol–water partition coefficient (Wildman–Crippen LogP) is 0.968. The van der Waals surface area contributed by atoms with Gasteiger partial charge in [0, 0.05) is 25.0 Å². The van der Waals surface area contributed by atoms with E-state index in [1.54, 1.807) is 23.3 Å². The number of hydrazine groups is 1. The number of hydrogen-bond donors (Lipinski definition) is 2. The summed E-state index contributed by atoms with van der Waals surface area (Å²) in [5.74, 6) is 7.73. The van der Waals surface area contributed by atoms with Crippen molar-refractivity contribution >= 4 is 11.9 Å². The van der Waals surface area contributed by atoms with Gasteiger partial charge in [0.25, 0.3) is 0 Å². The van der Waals surface area contributed by atoms with Gasteiger partial charge in [-0.15, -0.1) is 0 Å². The van der Waals surface area contributed by atoms with Crippen LogP contribution in [0.1, 0.15) is 26.7 Å². The van der Waals surface area contributed by atoms with Crippen molar-refractivity contribution in [1.82, 2.24) is 24.5 Å². The van der Waals surface area contributed by atoms with E-state index in [4.69, 9.17) is 5.84 Å². The lowest BCUT2D eigenvalue weighted by atomic mass is 10.3. The number of aromatic nitrogens is 5. The summed E-state index contributed by atoms with van der Waals surface area (Å²) in [7, 11) is 0. The third-order valence-corrected chi connectivity index (χ3v) is 3.51. The molecule has 3 rings (SSSR count). The Kier molecular flexibility index (Phi) is 3.70. The van der Waals surface area contributed by atoms with Crippen molar-refractivity contribution in [2.45, 2.75) is 32.7 Å². The lowest BCUT2D eigenvalue weighted by molar-refractivity contribution is 0.624. The maximum Gasteiger partial charge on any atom is 0.243 e. The summed E-state index contributed by atoms with van der Waals surface area (Å²) >= 11 is 0. The minimum absolute atomic E-state index is 0.314. The van der Waals surface area contributed by atoms with Crippen LogP contribution in [0.2, 0.25) is 0 Å². The molecule has 1 saturated carbocycles. The minimum atomic E-state index is 0.314. The number of imidazole rings is 1. The van der Waals surface area contributed by atoms with Crippen LogP contribution >= 0.6 is 0 Å². The fourth-order valence-corrected chi connectivity index (χ4v) is 2.14. The Hall–Kier alpha value is -2.22. The molecule has 0 spiro atoms. The molecule has 1 aliphatic rings. The summed E-state index contributed by atoms with van der Waals surface area (Å²) in [5, 5.41) is 0. The Morgan fingerprint density at radius 2 is 2.19 bits per heavy atom. The third kappa shape index (κ3) is 3.10. The Labute approximate surface area is 123 Å². The zero-order chi connectivity index (χ0) is 14.8. The molecule has 21 heavy (non-hydrogen) atoms. The number of anilines is 2. The Bertz CT molecular complexity index is 590. The van der Waals surface area contributed by atoms with Crippen LogP contribution in [0.25, 0.3) is 5.95 Å². The second-order valence-electron chi connectivity index (χ2n) is 5.56. The maximum absolute atomic E-state index is 5.48. The van der Waals surface area contributed by atoms with Crippen molar-refractivity contribution in [3.05, 3.63) is 18.7 Å². The number of nitrogens with zero attached hydrogens (tertiary/aromatic N) is 6. The van der Waals surface area contributed by atoms with E-state index in [0.29, 0.717) is 23.9 Å². The van der Waals surface area contributed by atoms with E-state index in [0.717, 1.165) is 12.5 Å². The third-order valence-electron chi connectivity index (χ3n) is 3.51. The molecule has 1 aliphatic carbocycles. The van der Waals surface area contributed by atoms with Crippen LogP contribution in [0.4, 0.5) is 11.9 Å². The molecule has 0 saturated heterocycles. The summed E-state index contributed by atoms with van der Waals surface area (Å²) in [4.78, 5) is 19.4. The molecule has 0 unspecified atom stereocenters. The highest BCUT2D eigenvalue weighted by Crippen LogP contribution is 2.31. The van der Waals surface area contributed by atoms with Crippen molar-refractivity contribution in [1.29, 1.82) is 0 Å². The molecular formula is C13H20N8. The van der Waals surface area contributed by atoms with Crippen molar-refractivity contribution in [2.75, 3.05) is 16.9 Å². The molecule has 8 heteroatoms. The lowest BCUT2D eigenvalue weighted by Crippen LogP contribution is -2.35. The van der Waals surface area contributed by atoms with Crippen LogP contribution in [0, 0.1) is 5.92 Å². The van der Waals surface area contributed by atoms with Crippen LogP contribution in [0.15, 0.2) is 18.7 Å². The van der Waals surface area contributed by atoms with E-state index in [2.05, 4.69) is 44.1 Å². The first-order valence-corrected chi connectivity index (χ1v) is 7.15. The van der Waals surface area contributed by atoms with E-state index < -0.39 is 0 Å². The first-order valence-electron chi connectivity index (χ1n) is 7.15. The van der Waals surface area contributed by atoms with Gasteiger partial charge in [-0.2, -0.15) is 15.0 Å². The van der Waals surface area contributed by atoms with Gasteiger partial charge < -0.3 is 4.90 Å². The quantitative estimate of drug-likeness (QED) is 0.603. The van der Waals surface area contributed by atoms with Gasteiger partial charge in [0.15, 0.2) is 0 Å². The lowest BCUT2D eigenvalue weighted by Gasteiger charge is -2.27. The molecule has 2 heterocycles. The van der Waals surface area contributed by atoms with Gasteiger partial charge in [-0.3, -0.25) is 9.99 Å². The highest BCUT2D eigenvalue weighted by molar-refractivity contribution is 5.40. The second kappa shape index (κ2) is 5.65. The highest BCUT2D eigenvalue weighted by atomic mass is 15.4. The zero-order valence-corrected chi connectivity index (χ0v) is 12.3. The van der Waals surface area contributed by atoms with Gasteiger partial charge in [-0.1, -0.05) is 0 Å². The Balaban J connectivity index is 1.97. The van der Waals surface area contributed by atoms with Gasteiger partial charge in [-0.25, -0.2) is 10.8 Å². The fourth-order valence-electron chi connectivity index (χ4n) is 2.14. The molecule has 0 radical (unpaired) electrons. The number of nitrogens with two attached hydrogens (primary N) is 1. The van der Waals surface area contributed by atoms with Gasteiger partial charge >= 0.3 is 0 Å². The van der Waals surface area contributed by atoms with Crippen LogP contribution in [0.5, 0.6) is 0 Å². The number of nitrogen functional groups attached to an aromatic ring is 1. The van der Waals surface area contributed by atoms with Crippen LogP contribution in [-0.2, 0) is 0 Å². The largest absolute Gasteiger partial charge is 0.338 e. The first kappa shape index (κ1) is 13.7. The van der Waals surface area contributed by atoms with Crippen LogP contribution in [-0.4, -0.2) is 37.1 Å². The van der Waals surface area contributed by atoms with E-state index in [1.165, 1.54) is 12.8 Å². The molecule has 0 amide bonds. The molecule has 112 valence electrons. The van der Waals surface area contributed by atoms with Gasteiger partial charge in [-0.05, 0) is 32.6 Å². The molecule has 8 nitrogen and oxygen atoms in total. The topological polar surface area (TPSA) is 97.8 Å². The fraction of sp³-hybridized carbons (Fsp3) is 0.538. The Morgan fingerprint density at radius 1 is 1.38 bits per heavy atom. The minimum Gasteiger partial charge on any atom is -0.338 e. The van der Waals surface area contributed by atoms with Gasteiger partial charge in [0.05, 0.1) is 0 Å². The SMILES string of the molecule is CC(C)N(CC1CC1)c1nc(NN)nc(-n2ccnc2)n1. The molecule has 0 aromatic carbocycles. The van der Waals surface area contributed by atoms with Crippen LogP contribution in [0.3, 0.4) is 0 Å². The average Bonchev–Trinajstić information content (AvgIpc) is 3.14. The summed E-state index contributed by atoms with van der Waals surface area (Å²) in [6, 6.07) is 0.314. The number of rotatable bonds is 6. The summed E-state index contributed by atoms with van der Waals surface area (Å²) < 4.78 is 1.74. The molecule has 2 aromatic rings. The van der Waals surface area contributed by atoms with Crippen molar-refractivity contribution in [3.63, 3.8) is 0 Å². The molecule has 0 bridgehead atoms. The highest BCUT2D eigenvalue weighted by Gasteiger charge is 2.27. The van der Waals surface area contributed by atoms with Gasteiger partial charge in [0.1, 0.15) is 6.33 Å². The average molecular weight is 288 g/mol. The predicted molar refractivity (Wildman–Crippen MR) is 80.0 cm³/mol. The molecular weight excluding hydrogens is 268 g/mol. The summed E-state index contributed by atoms with van der Waals surface area (Å²) in [6.07, 6.45) is 7.69. The van der Waals surface area contributed by atoms with E-state index >= 15 is 0 Å². The molecule has 3 N–H and O–H groups in total. The molecule has 1 fully saturated rings. The maximum atomic E-state index is 5.48. The Morgan fingerprint density at radius 3 is 2.76 bits per heavy atom. The van der Waals surface area contributed by atoms with Crippen molar-refractivity contribution in [2.24, 2.45) is 11.8 Å². The zero-order valence-electron chi connectivity index (χ0n) is 12.3. The monoisotopic (exact) mass is 288 g/mol. The van der Waals surface area contributed by atoms with E-state index in [-0.39, 0.29) is 0 Å². The van der Waals surface area contributed by atoms with E-state index in [1.807, 2.05) is 0 Å². The second-order valence-corrected chi connectivity index (χ2v) is 5.56. The standard InChI is InChI=1S/C13H20N8/c1-9(2)21(7-10-3-4-10)13-17-11(19-14)16-12(18-13)20-6-5-15-8-20/h5-6,8-10H,3-4,7,14H2,1-2H3,(H,16,17,18,19). The normalized spacial score (nSPS) is 14.5.